The number of thiophene rings is 1. The van der Waals surface area contributed by atoms with Gasteiger partial charge >= 0.3 is 0 Å². The molecule has 1 heterocycles. The van der Waals surface area contributed by atoms with Crippen molar-refractivity contribution in [3.63, 3.8) is 0 Å². The van der Waals surface area contributed by atoms with E-state index in [4.69, 9.17) is 0 Å². The van der Waals surface area contributed by atoms with E-state index >= 15 is 0 Å². The van der Waals surface area contributed by atoms with Gasteiger partial charge in [-0.2, -0.15) is 11.3 Å². The van der Waals surface area contributed by atoms with Gasteiger partial charge in [0.25, 0.3) is 5.91 Å². The number of halogens is 1. The molecule has 0 saturated heterocycles. The maximum atomic E-state index is 12.6. The molecule has 0 bridgehead atoms. The number of hydrogen-bond acceptors (Lipinski definition) is 2. The Hall–Kier alpha value is -0.880. The van der Waals surface area contributed by atoms with Crippen molar-refractivity contribution in [1.82, 2.24) is 4.90 Å². The van der Waals surface area contributed by atoms with Gasteiger partial charge in [-0.15, -0.1) is 0 Å². The van der Waals surface area contributed by atoms with E-state index < -0.39 is 0 Å². The van der Waals surface area contributed by atoms with Crippen LogP contribution in [0.2, 0.25) is 0 Å². The Morgan fingerprint density at radius 2 is 2.00 bits per heavy atom. The van der Waals surface area contributed by atoms with Crippen molar-refractivity contribution >= 4 is 39.8 Å². The number of hydrogen-bond donors (Lipinski definition) is 0. The van der Waals surface area contributed by atoms with Crippen LogP contribution in [0.4, 0.5) is 0 Å². The predicted octanol–water partition coefficient (Wildman–Crippen LogP) is 4.16. The summed E-state index contributed by atoms with van der Waals surface area (Å²) in [5.41, 5.74) is 2.03. The third kappa shape index (κ3) is 3.17. The Morgan fingerprint density at radius 1 is 1.26 bits per heavy atom. The van der Waals surface area contributed by atoms with Crippen molar-refractivity contribution < 1.29 is 4.79 Å². The Bertz CT molecular complexity index is 560. The van der Waals surface area contributed by atoms with Crippen LogP contribution in [0.1, 0.15) is 28.8 Å². The largest absolute Gasteiger partial charge is 0.331 e. The van der Waals surface area contributed by atoms with Gasteiger partial charge in [-0.1, -0.05) is 0 Å². The second-order valence-corrected chi connectivity index (χ2v) is 6.83. The van der Waals surface area contributed by atoms with Crippen molar-refractivity contribution in [3.05, 3.63) is 55.8 Å². The van der Waals surface area contributed by atoms with E-state index in [9.17, 15) is 4.79 Å². The number of benzene rings is 1. The van der Waals surface area contributed by atoms with E-state index in [0.29, 0.717) is 6.04 Å². The Morgan fingerprint density at radius 3 is 2.58 bits per heavy atom. The number of carbonyl (C=O) groups is 1. The molecule has 0 unspecified atom stereocenters. The molecule has 1 amide bonds. The molecule has 1 aliphatic carbocycles. The molecule has 0 atom stereocenters. The Kier molecular flexibility index (Phi) is 3.88. The third-order valence-corrected chi connectivity index (χ3v) is 4.72. The highest BCUT2D eigenvalue weighted by atomic mass is 127. The fourth-order valence-electron chi connectivity index (χ4n) is 2.09. The molecule has 4 heteroatoms. The summed E-state index contributed by atoms with van der Waals surface area (Å²) in [6.45, 7) is 0.735. The average molecular weight is 383 g/mol. The number of nitrogens with zero attached hydrogens (tertiary/aromatic N) is 1. The minimum atomic E-state index is 0.158. The van der Waals surface area contributed by atoms with Gasteiger partial charge in [0.1, 0.15) is 0 Å². The summed E-state index contributed by atoms with van der Waals surface area (Å²) in [7, 11) is 0. The highest BCUT2D eigenvalue weighted by molar-refractivity contribution is 14.1. The van der Waals surface area contributed by atoms with Gasteiger partial charge in [0.05, 0.1) is 0 Å². The molecule has 3 rings (SSSR count). The Balaban J connectivity index is 1.79. The maximum absolute atomic E-state index is 12.6. The number of amides is 1. The molecule has 1 aromatic carbocycles. The van der Waals surface area contributed by atoms with E-state index in [1.54, 1.807) is 11.3 Å². The van der Waals surface area contributed by atoms with Gasteiger partial charge in [-0.05, 0) is 82.1 Å². The minimum Gasteiger partial charge on any atom is -0.331 e. The smallest absolute Gasteiger partial charge is 0.254 e. The van der Waals surface area contributed by atoms with E-state index in [-0.39, 0.29) is 5.91 Å². The second kappa shape index (κ2) is 5.63. The normalized spacial score (nSPS) is 14.4. The summed E-state index contributed by atoms with van der Waals surface area (Å²) in [5, 5.41) is 4.19. The first kappa shape index (κ1) is 13.1. The van der Waals surface area contributed by atoms with Crippen molar-refractivity contribution in [1.29, 1.82) is 0 Å². The van der Waals surface area contributed by atoms with Crippen LogP contribution in [0, 0.1) is 3.57 Å². The lowest BCUT2D eigenvalue weighted by molar-refractivity contribution is 0.0730. The lowest BCUT2D eigenvalue weighted by atomic mass is 10.2. The van der Waals surface area contributed by atoms with Crippen LogP contribution in [-0.4, -0.2) is 16.8 Å². The van der Waals surface area contributed by atoms with Crippen LogP contribution in [0.5, 0.6) is 0 Å². The molecule has 1 saturated carbocycles. The quantitative estimate of drug-likeness (QED) is 0.727. The van der Waals surface area contributed by atoms with Crippen LogP contribution in [0.3, 0.4) is 0 Å². The molecule has 1 fully saturated rings. The van der Waals surface area contributed by atoms with Crippen LogP contribution in [0.25, 0.3) is 0 Å². The molecule has 2 nitrogen and oxygen atoms in total. The van der Waals surface area contributed by atoms with Gasteiger partial charge < -0.3 is 4.90 Å². The van der Waals surface area contributed by atoms with Gasteiger partial charge in [0.2, 0.25) is 0 Å². The van der Waals surface area contributed by atoms with Crippen LogP contribution in [0.15, 0.2) is 41.1 Å². The minimum absolute atomic E-state index is 0.158. The number of carbonyl (C=O) groups excluding carboxylic acids is 1. The first-order chi connectivity index (χ1) is 9.24. The first-order valence-corrected chi connectivity index (χ1v) is 8.34. The summed E-state index contributed by atoms with van der Waals surface area (Å²) in [6, 6.07) is 10.4. The van der Waals surface area contributed by atoms with Crippen molar-refractivity contribution in [2.24, 2.45) is 0 Å². The highest BCUT2D eigenvalue weighted by Crippen LogP contribution is 2.30. The predicted molar refractivity (Wildman–Crippen MR) is 86.4 cm³/mol. The van der Waals surface area contributed by atoms with E-state index in [2.05, 4.69) is 39.4 Å². The average Bonchev–Trinajstić information content (AvgIpc) is 3.13. The first-order valence-electron chi connectivity index (χ1n) is 6.31. The van der Waals surface area contributed by atoms with Crippen molar-refractivity contribution in [2.75, 3.05) is 0 Å². The molecule has 1 aliphatic rings. The third-order valence-electron chi connectivity index (χ3n) is 3.27. The molecule has 2 aromatic rings. The van der Waals surface area contributed by atoms with Gasteiger partial charge in [-0.25, -0.2) is 0 Å². The summed E-state index contributed by atoms with van der Waals surface area (Å²) in [5.74, 6) is 0.158. The summed E-state index contributed by atoms with van der Waals surface area (Å²) in [4.78, 5) is 14.6. The zero-order chi connectivity index (χ0) is 13.2. The zero-order valence-corrected chi connectivity index (χ0v) is 13.4. The van der Waals surface area contributed by atoms with Crippen LogP contribution >= 0.6 is 33.9 Å². The molecule has 0 radical (unpaired) electrons. The lowest BCUT2D eigenvalue weighted by Gasteiger charge is -2.22. The number of rotatable bonds is 4. The highest BCUT2D eigenvalue weighted by Gasteiger charge is 2.33. The molecular weight excluding hydrogens is 369 g/mol. The molecular formula is C15H14INOS. The fraction of sp³-hybridized carbons (Fsp3) is 0.267. The fourth-order valence-corrected chi connectivity index (χ4v) is 3.11. The molecule has 98 valence electrons. The topological polar surface area (TPSA) is 20.3 Å². The van der Waals surface area contributed by atoms with E-state index in [1.807, 2.05) is 29.2 Å². The molecule has 0 aliphatic heterocycles. The summed E-state index contributed by atoms with van der Waals surface area (Å²) in [6.07, 6.45) is 2.28. The van der Waals surface area contributed by atoms with E-state index in [1.165, 1.54) is 5.56 Å². The van der Waals surface area contributed by atoms with Crippen molar-refractivity contribution in [2.45, 2.75) is 25.4 Å². The van der Waals surface area contributed by atoms with Gasteiger partial charge in [0, 0.05) is 21.7 Å². The maximum Gasteiger partial charge on any atom is 0.254 e. The van der Waals surface area contributed by atoms with Crippen molar-refractivity contribution in [3.8, 4) is 0 Å². The molecule has 1 aromatic heterocycles. The SMILES string of the molecule is O=C(c1ccc(I)cc1)N(Cc1ccsc1)C1CC1. The van der Waals surface area contributed by atoms with Crippen LogP contribution in [-0.2, 0) is 6.54 Å². The van der Waals surface area contributed by atoms with Gasteiger partial charge in [-0.3, -0.25) is 4.79 Å². The van der Waals surface area contributed by atoms with Crippen LogP contribution < -0.4 is 0 Å². The monoisotopic (exact) mass is 383 g/mol. The summed E-state index contributed by atoms with van der Waals surface area (Å²) < 4.78 is 1.16. The second-order valence-electron chi connectivity index (χ2n) is 4.80. The van der Waals surface area contributed by atoms with E-state index in [0.717, 1.165) is 28.5 Å². The molecule has 19 heavy (non-hydrogen) atoms. The zero-order valence-electron chi connectivity index (χ0n) is 10.4. The molecule has 0 spiro atoms. The van der Waals surface area contributed by atoms with Gasteiger partial charge in [0.15, 0.2) is 0 Å². The standard InChI is InChI=1S/C15H14INOS/c16-13-3-1-12(2-4-13)15(18)17(14-5-6-14)9-11-7-8-19-10-11/h1-4,7-8,10,14H,5-6,9H2. The lowest BCUT2D eigenvalue weighted by Crippen LogP contribution is -2.32. The Labute approximate surface area is 130 Å². The summed E-state index contributed by atoms with van der Waals surface area (Å²) >= 11 is 3.94. The molecule has 0 N–H and O–H groups in total.